The second kappa shape index (κ2) is 11.6. The highest BCUT2D eigenvalue weighted by molar-refractivity contribution is 7.90. The van der Waals surface area contributed by atoms with Gasteiger partial charge in [-0.05, 0) is 54.5 Å². The number of ketones is 1. The molecule has 2 amide bonds. The van der Waals surface area contributed by atoms with Crippen LogP contribution in [0.2, 0.25) is 0 Å². The van der Waals surface area contributed by atoms with Crippen LogP contribution in [0.4, 0.5) is 10.5 Å². The molecule has 2 aromatic carbocycles. The lowest BCUT2D eigenvalue weighted by Crippen LogP contribution is -2.28. The first-order valence-electron chi connectivity index (χ1n) is 11.0. The molecule has 0 radical (unpaired) electrons. The molecule has 1 heterocycles. The van der Waals surface area contributed by atoms with Crippen molar-refractivity contribution >= 4 is 39.0 Å². The van der Waals surface area contributed by atoms with Gasteiger partial charge in [0.15, 0.2) is 5.78 Å². The first kappa shape index (κ1) is 25.8. The molecule has 0 aliphatic carbocycles. The molecule has 9 nitrogen and oxygen atoms in total. The quantitative estimate of drug-likeness (QED) is 0.548. The lowest BCUT2D eigenvalue weighted by molar-refractivity contribution is -0.115. The molecule has 0 saturated carbocycles. The van der Waals surface area contributed by atoms with Crippen LogP contribution in [0.1, 0.15) is 28.4 Å². The number of aliphatic imine (C=N–C) groups is 1. The summed E-state index contributed by atoms with van der Waals surface area (Å²) in [6.07, 6.45) is 4.04. The van der Waals surface area contributed by atoms with Crippen molar-refractivity contribution in [1.29, 1.82) is 0 Å². The van der Waals surface area contributed by atoms with E-state index in [0.29, 0.717) is 23.4 Å². The SMILES string of the molecule is CCOC(=O)Nc1cccc(CC2N=C(c3ccc(C(=O)NCCS(C)(=O)=O)cc3)C=CC2=O)c1. The molecule has 184 valence electrons. The smallest absolute Gasteiger partial charge is 0.411 e. The van der Waals surface area contributed by atoms with E-state index in [1.165, 1.54) is 6.08 Å². The van der Waals surface area contributed by atoms with Gasteiger partial charge in [0, 0.05) is 30.5 Å². The Morgan fingerprint density at radius 2 is 1.83 bits per heavy atom. The summed E-state index contributed by atoms with van der Waals surface area (Å²) in [5.74, 6) is -0.625. The molecule has 1 aliphatic rings. The van der Waals surface area contributed by atoms with E-state index >= 15 is 0 Å². The summed E-state index contributed by atoms with van der Waals surface area (Å²) in [5, 5.41) is 5.22. The Labute approximate surface area is 204 Å². The Morgan fingerprint density at radius 1 is 1.09 bits per heavy atom. The number of hydrogen-bond acceptors (Lipinski definition) is 7. The Bertz CT molecular complexity index is 1270. The topological polar surface area (TPSA) is 131 Å². The van der Waals surface area contributed by atoms with Crippen molar-refractivity contribution in [3.63, 3.8) is 0 Å². The van der Waals surface area contributed by atoms with Gasteiger partial charge in [0.05, 0.1) is 18.1 Å². The number of carbonyl (C=O) groups excluding carboxylic acids is 3. The van der Waals surface area contributed by atoms with Gasteiger partial charge in [-0.25, -0.2) is 13.2 Å². The van der Waals surface area contributed by atoms with Crippen molar-refractivity contribution in [3.8, 4) is 0 Å². The van der Waals surface area contributed by atoms with Crippen LogP contribution >= 0.6 is 0 Å². The number of dihydropyridines is 1. The molecule has 2 aromatic rings. The van der Waals surface area contributed by atoms with E-state index in [1.54, 1.807) is 55.5 Å². The molecular formula is C25H27N3O6S. The molecule has 0 bridgehead atoms. The number of anilines is 1. The van der Waals surface area contributed by atoms with Gasteiger partial charge in [0.2, 0.25) is 0 Å². The first-order chi connectivity index (χ1) is 16.6. The Hall–Kier alpha value is -3.79. The van der Waals surface area contributed by atoms with Gasteiger partial charge >= 0.3 is 6.09 Å². The number of ether oxygens (including phenoxy) is 1. The molecule has 1 atom stereocenters. The van der Waals surface area contributed by atoms with Crippen LogP contribution in [0, 0.1) is 0 Å². The summed E-state index contributed by atoms with van der Waals surface area (Å²) < 4.78 is 27.3. The van der Waals surface area contributed by atoms with Gasteiger partial charge < -0.3 is 10.1 Å². The normalized spacial score (nSPS) is 15.3. The van der Waals surface area contributed by atoms with Gasteiger partial charge in [-0.3, -0.25) is 19.9 Å². The van der Waals surface area contributed by atoms with E-state index in [2.05, 4.69) is 15.6 Å². The average molecular weight is 498 g/mol. The molecule has 1 unspecified atom stereocenters. The van der Waals surface area contributed by atoms with Gasteiger partial charge in [0.1, 0.15) is 15.9 Å². The zero-order valence-corrected chi connectivity index (χ0v) is 20.3. The number of allylic oxidation sites excluding steroid dienone is 1. The number of hydrogen-bond donors (Lipinski definition) is 2. The molecule has 0 saturated heterocycles. The largest absolute Gasteiger partial charge is 0.450 e. The van der Waals surface area contributed by atoms with Gasteiger partial charge in [-0.2, -0.15) is 0 Å². The number of sulfone groups is 1. The number of nitrogens with zero attached hydrogens (tertiary/aromatic N) is 1. The summed E-state index contributed by atoms with van der Waals surface area (Å²) >= 11 is 0. The Kier molecular flexibility index (Phi) is 8.53. The van der Waals surface area contributed by atoms with E-state index in [1.807, 2.05) is 6.07 Å². The molecule has 0 spiro atoms. The van der Waals surface area contributed by atoms with Crippen LogP contribution < -0.4 is 10.6 Å². The number of amides is 2. The highest BCUT2D eigenvalue weighted by Crippen LogP contribution is 2.18. The molecule has 10 heteroatoms. The minimum Gasteiger partial charge on any atom is -0.450 e. The van der Waals surface area contributed by atoms with E-state index in [9.17, 15) is 22.8 Å². The lowest BCUT2D eigenvalue weighted by atomic mass is 9.97. The van der Waals surface area contributed by atoms with Gasteiger partial charge in [0.25, 0.3) is 5.91 Å². The van der Waals surface area contributed by atoms with Crippen LogP contribution in [0.15, 0.2) is 65.7 Å². The third kappa shape index (κ3) is 7.89. The lowest BCUT2D eigenvalue weighted by Gasteiger charge is -2.16. The fraction of sp³-hybridized carbons (Fsp3) is 0.280. The van der Waals surface area contributed by atoms with E-state index in [-0.39, 0.29) is 30.6 Å². The van der Waals surface area contributed by atoms with Crippen LogP contribution in [0.5, 0.6) is 0 Å². The summed E-state index contributed by atoms with van der Waals surface area (Å²) in [4.78, 5) is 40.9. The summed E-state index contributed by atoms with van der Waals surface area (Å²) in [5.41, 5.74) is 3.14. The molecule has 0 aromatic heterocycles. The molecule has 3 rings (SSSR count). The standard InChI is InChI=1S/C25H27N3O6S/c1-3-34-25(31)27-20-6-4-5-17(15-20)16-22-23(29)12-11-21(28-22)18-7-9-19(10-8-18)24(30)26-13-14-35(2,32)33/h4-12,15,22H,3,13-14,16H2,1-2H3,(H,26,30)(H,27,31). The van der Waals surface area contributed by atoms with Crippen LogP contribution in [-0.4, -0.2) is 63.1 Å². The van der Waals surface area contributed by atoms with E-state index < -0.39 is 22.0 Å². The van der Waals surface area contributed by atoms with Crippen LogP contribution in [0.3, 0.4) is 0 Å². The predicted octanol–water partition coefficient (Wildman–Crippen LogP) is 2.57. The highest BCUT2D eigenvalue weighted by atomic mass is 32.2. The van der Waals surface area contributed by atoms with Crippen molar-refractivity contribution in [2.75, 3.05) is 30.5 Å². The van der Waals surface area contributed by atoms with Crippen molar-refractivity contribution in [2.45, 2.75) is 19.4 Å². The zero-order chi connectivity index (χ0) is 25.4. The monoisotopic (exact) mass is 497 g/mol. The fourth-order valence-electron chi connectivity index (χ4n) is 3.39. The number of carbonyl (C=O) groups is 3. The highest BCUT2D eigenvalue weighted by Gasteiger charge is 2.21. The summed E-state index contributed by atoms with van der Waals surface area (Å²) in [6, 6.07) is 13.2. The maximum absolute atomic E-state index is 12.5. The van der Waals surface area contributed by atoms with Crippen LogP contribution in [-0.2, 0) is 25.8 Å². The van der Waals surface area contributed by atoms with Crippen molar-refractivity contribution in [2.24, 2.45) is 4.99 Å². The molecular weight excluding hydrogens is 470 g/mol. The van der Waals surface area contributed by atoms with Crippen molar-refractivity contribution in [3.05, 3.63) is 77.4 Å². The third-order valence-electron chi connectivity index (χ3n) is 5.11. The molecule has 35 heavy (non-hydrogen) atoms. The second-order valence-corrected chi connectivity index (χ2v) is 10.2. The summed E-state index contributed by atoms with van der Waals surface area (Å²) in [7, 11) is -3.16. The number of rotatable bonds is 9. The van der Waals surface area contributed by atoms with Crippen molar-refractivity contribution in [1.82, 2.24) is 5.32 Å². The minimum atomic E-state index is -3.16. The Balaban J connectivity index is 1.67. The predicted molar refractivity (Wildman–Crippen MR) is 134 cm³/mol. The molecule has 1 aliphatic heterocycles. The number of nitrogens with one attached hydrogen (secondary N) is 2. The Morgan fingerprint density at radius 3 is 2.51 bits per heavy atom. The summed E-state index contributed by atoms with van der Waals surface area (Å²) in [6.45, 7) is 2.02. The van der Waals surface area contributed by atoms with Gasteiger partial charge in [-0.15, -0.1) is 0 Å². The fourth-order valence-corrected chi connectivity index (χ4v) is 3.87. The van der Waals surface area contributed by atoms with E-state index in [0.717, 1.165) is 17.4 Å². The first-order valence-corrected chi connectivity index (χ1v) is 13.1. The van der Waals surface area contributed by atoms with Gasteiger partial charge in [-0.1, -0.05) is 24.3 Å². The molecule has 2 N–H and O–H groups in total. The maximum atomic E-state index is 12.5. The van der Waals surface area contributed by atoms with E-state index in [4.69, 9.17) is 4.74 Å². The number of benzene rings is 2. The van der Waals surface area contributed by atoms with Crippen molar-refractivity contribution < 1.29 is 27.5 Å². The minimum absolute atomic E-state index is 0.0369. The van der Waals surface area contributed by atoms with Crippen LogP contribution in [0.25, 0.3) is 0 Å². The maximum Gasteiger partial charge on any atom is 0.411 e. The molecule has 0 fully saturated rings. The third-order valence-corrected chi connectivity index (χ3v) is 6.05. The average Bonchev–Trinajstić information content (AvgIpc) is 2.80. The zero-order valence-electron chi connectivity index (χ0n) is 19.5. The second-order valence-electron chi connectivity index (χ2n) is 7.98.